The van der Waals surface area contributed by atoms with Crippen molar-refractivity contribution in [3.8, 4) is 17.2 Å². The van der Waals surface area contributed by atoms with Gasteiger partial charge in [0.1, 0.15) is 29.4 Å². The molecule has 3 aromatic rings. The first-order valence-electron chi connectivity index (χ1n) is 9.56. The first-order valence-corrected chi connectivity index (χ1v) is 9.56. The Hall–Kier alpha value is -3.31. The Bertz CT molecular complexity index is 1020. The van der Waals surface area contributed by atoms with Crippen molar-refractivity contribution < 1.29 is 19.0 Å². The highest BCUT2D eigenvalue weighted by Crippen LogP contribution is 2.41. The number of rotatable bonds is 6. The molecule has 0 spiro atoms. The van der Waals surface area contributed by atoms with E-state index in [2.05, 4.69) is 5.32 Å². The van der Waals surface area contributed by atoms with E-state index in [4.69, 9.17) is 14.2 Å². The monoisotopic (exact) mass is 389 g/mol. The molecule has 0 radical (unpaired) electrons. The van der Waals surface area contributed by atoms with Crippen molar-refractivity contribution in [1.29, 1.82) is 0 Å². The summed E-state index contributed by atoms with van der Waals surface area (Å²) in [7, 11) is 1.62. The predicted octanol–water partition coefficient (Wildman–Crippen LogP) is 4.41. The van der Waals surface area contributed by atoms with Crippen molar-refractivity contribution >= 4 is 5.97 Å². The lowest BCUT2D eigenvalue weighted by atomic mass is 9.97. The molecular formula is C24H23NO4. The summed E-state index contributed by atoms with van der Waals surface area (Å²) in [5, 5.41) is 3.33. The zero-order valence-corrected chi connectivity index (χ0v) is 16.5. The van der Waals surface area contributed by atoms with Crippen LogP contribution in [-0.4, -0.2) is 13.1 Å². The summed E-state index contributed by atoms with van der Waals surface area (Å²) >= 11 is 0. The molecule has 148 valence electrons. The number of para-hydroxylation sites is 1. The zero-order valence-electron chi connectivity index (χ0n) is 16.5. The minimum absolute atomic E-state index is 0.366. The third-order valence-electron chi connectivity index (χ3n) is 5.05. The van der Waals surface area contributed by atoms with Gasteiger partial charge in [-0.2, -0.15) is 0 Å². The third kappa shape index (κ3) is 3.82. The fraction of sp³-hybridized carbons (Fsp3) is 0.208. The molecule has 0 fully saturated rings. The van der Waals surface area contributed by atoms with Gasteiger partial charge in [0, 0.05) is 29.8 Å². The lowest BCUT2D eigenvalue weighted by molar-refractivity contribution is 0.0728. The number of hydrogen-bond acceptors (Lipinski definition) is 5. The molecule has 0 aliphatic carbocycles. The molecule has 5 heteroatoms. The maximum atomic E-state index is 13.2. The van der Waals surface area contributed by atoms with E-state index in [9.17, 15) is 4.79 Å². The molecule has 0 unspecified atom stereocenters. The van der Waals surface area contributed by atoms with E-state index in [0.29, 0.717) is 42.5 Å². The van der Waals surface area contributed by atoms with Gasteiger partial charge < -0.3 is 19.5 Å². The second-order valence-corrected chi connectivity index (χ2v) is 6.90. The van der Waals surface area contributed by atoms with Crippen LogP contribution in [0, 0.1) is 6.92 Å². The van der Waals surface area contributed by atoms with E-state index in [1.807, 2.05) is 55.5 Å². The van der Waals surface area contributed by atoms with Gasteiger partial charge in [-0.15, -0.1) is 0 Å². The summed E-state index contributed by atoms with van der Waals surface area (Å²) in [6, 6.07) is 18.9. The Labute approximate surface area is 170 Å². The number of hydrogen-bond donors (Lipinski definition) is 1. The molecule has 0 saturated heterocycles. The molecule has 0 amide bonds. The summed E-state index contributed by atoms with van der Waals surface area (Å²) in [6.45, 7) is 3.52. The van der Waals surface area contributed by atoms with Crippen LogP contribution in [0.1, 0.15) is 32.6 Å². The van der Waals surface area contributed by atoms with Crippen LogP contribution >= 0.6 is 0 Å². The summed E-state index contributed by atoms with van der Waals surface area (Å²) in [6.07, 6.45) is 0. The van der Waals surface area contributed by atoms with Crippen molar-refractivity contribution in [2.75, 3.05) is 7.11 Å². The molecule has 1 aliphatic rings. The Kier molecular flexibility index (Phi) is 5.49. The summed E-state index contributed by atoms with van der Waals surface area (Å²) in [5.41, 5.74) is 4.14. The SMILES string of the molecule is COc1c(C)c(C(=O)Oc2ccccc2)c(OCc2ccccc2)c2c1CNC2. The van der Waals surface area contributed by atoms with E-state index in [-0.39, 0.29) is 0 Å². The van der Waals surface area contributed by atoms with Gasteiger partial charge >= 0.3 is 5.97 Å². The molecule has 1 aliphatic heterocycles. The molecule has 0 saturated carbocycles. The van der Waals surface area contributed by atoms with E-state index in [1.54, 1.807) is 19.2 Å². The second kappa shape index (κ2) is 8.37. The summed E-state index contributed by atoms with van der Waals surface area (Å²) in [5.74, 6) is 1.30. The first-order chi connectivity index (χ1) is 14.2. The summed E-state index contributed by atoms with van der Waals surface area (Å²) in [4.78, 5) is 13.2. The third-order valence-corrected chi connectivity index (χ3v) is 5.05. The number of carbonyl (C=O) groups excluding carboxylic acids is 1. The number of esters is 1. The van der Waals surface area contributed by atoms with E-state index >= 15 is 0 Å². The van der Waals surface area contributed by atoms with Crippen LogP contribution in [0.5, 0.6) is 17.2 Å². The maximum Gasteiger partial charge on any atom is 0.347 e. The second-order valence-electron chi connectivity index (χ2n) is 6.90. The van der Waals surface area contributed by atoms with Crippen LogP contribution in [0.2, 0.25) is 0 Å². The number of methoxy groups -OCH3 is 1. The zero-order chi connectivity index (χ0) is 20.2. The van der Waals surface area contributed by atoms with E-state index in [0.717, 1.165) is 22.3 Å². The van der Waals surface area contributed by atoms with Crippen molar-refractivity contribution in [3.05, 3.63) is 88.5 Å². The van der Waals surface area contributed by atoms with Gasteiger partial charge in [0.25, 0.3) is 0 Å². The fourth-order valence-corrected chi connectivity index (χ4v) is 3.68. The number of ether oxygens (including phenoxy) is 3. The van der Waals surface area contributed by atoms with Crippen molar-refractivity contribution in [1.82, 2.24) is 5.32 Å². The number of carbonyl (C=O) groups is 1. The molecule has 29 heavy (non-hydrogen) atoms. The smallest absolute Gasteiger partial charge is 0.347 e. The largest absolute Gasteiger partial charge is 0.496 e. The van der Waals surface area contributed by atoms with Crippen LogP contribution in [-0.2, 0) is 19.7 Å². The van der Waals surface area contributed by atoms with Gasteiger partial charge in [-0.05, 0) is 24.6 Å². The molecule has 3 aromatic carbocycles. The van der Waals surface area contributed by atoms with Crippen LogP contribution in [0.25, 0.3) is 0 Å². The lowest BCUT2D eigenvalue weighted by Gasteiger charge is -2.20. The Balaban J connectivity index is 1.76. The highest BCUT2D eigenvalue weighted by Gasteiger charge is 2.30. The van der Waals surface area contributed by atoms with Gasteiger partial charge in [0.15, 0.2) is 0 Å². The molecule has 1 N–H and O–H groups in total. The first kappa shape index (κ1) is 19.0. The minimum atomic E-state index is -0.454. The highest BCUT2D eigenvalue weighted by molar-refractivity contribution is 5.97. The average molecular weight is 389 g/mol. The molecule has 1 heterocycles. The lowest BCUT2D eigenvalue weighted by Crippen LogP contribution is -2.15. The highest BCUT2D eigenvalue weighted by atomic mass is 16.5. The van der Waals surface area contributed by atoms with Gasteiger partial charge in [-0.1, -0.05) is 48.5 Å². The van der Waals surface area contributed by atoms with E-state index < -0.39 is 5.97 Å². The molecule has 0 atom stereocenters. The van der Waals surface area contributed by atoms with Crippen LogP contribution in [0.3, 0.4) is 0 Å². The molecule has 0 aromatic heterocycles. The summed E-state index contributed by atoms with van der Waals surface area (Å²) < 4.78 is 17.5. The normalized spacial score (nSPS) is 12.3. The Morgan fingerprint density at radius 2 is 1.55 bits per heavy atom. The minimum Gasteiger partial charge on any atom is -0.496 e. The van der Waals surface area contributed by atoms with E-state index in [1.165, 1.54) is 0 Å². The number of benzene rings is 3. The van der Waals surface area contributed by atoms with Gasteiger partial charge in [0.05, 0.1) is 7.11 Å². The van der Waals surface area contributed by atoms with Crippen LogP contribution in [0.4, 0.5) is 0 Å². The fourth-order valence-electron chi connectivity index (χ4n) is 3.68. The molecule has 5 nitrogen and oxygen atoms in total. The van der Waals surface area contributed by atoms with Gasteiger partial charge in [0.2, 0.25) is 0 Å². The predicted molar refractivity (Wildman–Crippen MR) is 110 cm³/mol. The number of nitrogens with one attached hydrogen (secondary N) is 1. The van der Waals surface area contributed by atoms with Crippen LogP contribution in [0.15, 0.2) is 60.7 Å². The average Bonchev–Trinajstić information content (AvgIpc) is 3.22. The number of fused-ring (bicyclic) bond motifs is 1. The standard InChI is InChI=1S/C24H23NO4/c1-16-21(24(26)29-18-11-7-4-8-12-18)23(28-15-17-9-5-3-6-10-17)20-14-25-13-19(20)22(16)27-2/h3-12,25H,13-15H2,1-2H3. The van der Waals surface area contributed by atoms with Crippen molar-refractivity contribution in [3.63, 3.8) is 0 Å². The Morgan fingerprint density at radius 1 is 0.931 bits per heavy atom. The topological polar surface area (TPSA) is 56.8 Å². The van der Waals surface area contributed by atoms with Gasteiger partial charge in [-0.25, -0.2) is 4.79 Å². The maximum absolute atomic E-state index is 13.2. The van der Waals surface area contributed by atoms with Gasteiger partial charge in [-0.3, -0.25) is 0 Å². The van der Waals surface area contributed by atoms with Crippen molar-refractivity contribution in [2.45, 2.75) is 26.6 Å². The molecule has 4 rings (SSSR count). The van der Waals surface area contributed by atoms with Crippen LogP contribution < -0.4 is 19.5 Å². The molecule has 0 bridgehead atoms. The quantitative estimate of drug-likeness (QED) is 0.500. The molecular weight excluding hydrogens is 366 g/mol. The Morgan fingerprint density at radius 3 is 2.21 bits per heavy atom. The van der Waals surface area contributed by atoms with Crippen molar-refractivity contribution in [2.24, 2.45) is 0 Å².